The monoisotopic (exact) mass is 448 g/mol. The summed E-state index contributed by atoms with van der Waals surface area (Å²) in [4.78, 5) is 0. The highest BCUT2D eigenvalue weighted by molar-refractivity contribution is 14.1. The molecule has 0 unspecified atom stereocenters. The average Bonchev–Trinajstić information content (AvgIpc) is 2.34. The Balaban J connectivity index is 2.27. The summed E-state index contributed by atoms with van der Waals surface area (Å²) in [5.74, 6) is 1.79. The predicted molar refractivity (Wildman–Crippen MR) is 90.5 cm³/mol. The van der Waals surface area contributed by atoms with E-state index in [1.54, 1.807) is 0 Å². The van der Waals surface area contributed by atoms with Crippen LogP contribution in [0.5, 0.6) is 11.5 Å². The van der Waals surface area contributed by atoms with Crippen LogP contribution in [0, 0.1) is 3.57 Å². The predicted octanol–water partition coefficient (Wildman–Crippen LogP) is 6.14. The zero-order chi connectivity index (χ0) is 13.8. The molecule has 0 saturated heterocycles. The first-order valence-electron chi connectivity index (χ1n) is 5.87. The molecule has 1 aliphatic heterocycles. The Morgan fingerprint density at radius 2 is 1.79 bits per heavy atom. The van der Waals surface area contributed by atoms with Crippen LogP contribution in [-0.2, 0) is 5.41 Å². The number of fused-ring (bicyclic) bond motifs is 2. The molecule has 0 spiro atoms. The minimum atomic E-state index is -0.117. The molecule has 0 amide bonds. The molecule has 2 aromatic carbocycles. The molecule has 1 heterocycles. The highest BCUT2D eigenvalue weighted by atomic mass is 127. The summed E-state index contributed by atoms with van der Waals surface area (Å²) in [6.45, 7) is 4.40. The van der Waals surface area contributed by atoms with Crippen LogP contribution < -0.4 is 4.74 Å². The van der Waals surface area contributed by atoms with E-state index in [0.29, 0.717) is 5.02 Å². The summed E-state index contributed by atoms with van der Waals surface area (Å²) in [7, 11) is 0. The van der Waals surface area contributed by atoms with E-state index >= 15 is 0 Å². The van der Waals surface area contributed by atoms with Crippen LogP contribution in [0.1, 0.15) is 25.0 Å². The summed E-state index contributed by atoms with van der Waals surface area (Å²) in [6.07, 6.45) is 0. The van der Waals surface area contributed by atoms with Crippen molar-refractivity contribution in [2.24, 2.45) is 0 Å². The van der Waals surface area contributed by atoms with Crippen molar-refractivity contribution in [3.05, 3.63) is 54.5 Å². The molecule has 0 saturated carbocycles. The van der Waals surface area contributed by atoms with Crippen molar-refractivity contribution in [3.8, 4) is 11.5 Å². The van der Waals surface area contributed by atoms with Gasteiger partial charge in [0.25, 0.3) is 0 Å². The van der Waals surface area contributed by atoms with E-state index < -0.39 is 0 Å². The molecule has 3 rings (SSSR count). The Kier molecular flexibility index (Phi) is 3.35. The van der Waals surface area contributed by atoms with Gasteiger partial charge < -0.3 is 4.74 Å². The maximum Gasteiger partial charge on any atom is 0.132 e. The Morgan fingerprint density at radius 3 is 2.53 bits per heavy atom. The van der Waals surface area contributed by atoms with Gasteiger partial charge in [0.1, 0.15) is 11.5 Å². The van der Waals surface area contributed by atoms with Crippen molar-refractivity contribution in [3.63, 3.8) is 0 Å². The Morgan fingerprint density at radius 1 is 1.11 bits per heavy atom. The lowest BCUT2D eigenvalue weighted by atomic mass is 9.76. The minimum absolute atomic E-state index is 0.117. The van der Waals surface area contributed by atoms with Crippen LogP contribution in [0.25, 0.3) is 0 Å². The second-order valence-electron chi connectivity index (χ2n) is 5.13. The lowest BCUT2D eigenvalue weighted by Gasteiger charge is -2.34. The van der Waals surface area contributed by atoms with Crippen molar-refractivity contribution in [2.45, 2.75) is 19.3 Å². The number of rotatable bonds is 0. The van der Waals surface area contributed by atoms with Crippen molar-refractivity contribution >= 4 is 50.1 Å². The van der Waals surface area contributed by atoms with Crippen LogP contribution in [0.15, 0.2) is 34.8 Å². The maximum atomic E-state index is 6.23. The van der Waals surface area contributed by atoms with Gasteiger partial charge in [-0.25, -0.2) is 0 Å². The first-order chi connectivity index (χ1) is 8.89. The minimum Gasteiger partial charge on any atom is -0.457 e. The molecule has 4 heteroatoms. The zero-order valence-electron chi connectivity index (χ0n) is 10.4. The Labute approximate surface area is 139 Å². The van der Waals surface area contributed by atoms with Gasteiger partial charge in [-0.05, 0) is 68.9 Å². The van der Waals surface area contributed by atoms with Gasteiger partial charge in [0.15, 0.2) is 0 Å². The molecule has 19 heavy (non-hydrogen) atoms. The second kappa shape index (κ2) is 4.64. The molecule has 0 aliphatic carbocycles. The highest BCUT2D eigenvalue weighted by Gasteiger charge is 2.34. The van der Waals surface area contributed by atoms with Crippen LogP contribution >= 0.6 is 50.1 Å². The summed E-state index contributed by atoms with van der Waals surface area (Å²) >= 11 is 12.0. The smallest absolute Gasteiger partial charge is 0.132 e. The first kappa shape index (κ1) is 13.7. The molecule has 0 atom stereocenters. The molecule has 0 aromatic heterocycles. The fourth-order valence-electron chi connectivity index (χ4n) is 2.44. The number of ether oxygens (including phenoxy) is 1. The van der Waals surface area contributed by atoms with Crippen LogP contribution in [0.3, 0.4) is 0 Å². The molecule has 0 N–H and O–H groups in total. The van der Waals surface area contributed by atoms with Gasteiger partial charge in [0, 0.05) is 24.6 Å². The third-order valence-electron chi connectivity index (χ3n) is 3.53. The fourth-order valence-corrected chi connectivity index (χ4v) is 3.42. The molecule has 98 valence electrons. The van der Waals surface area contributed by atoms with Crippen molar-refractivity contribution in [1.29, 1.82) is 0 Å². The molecule has 1 aliphatic rings. The lowest BCUT2D eigenvalue weighted by Crippen LogP contribution is -2.24. The van der Waals surface area contributed by atoms with E-state index in [2.05, 4.69) is 64.5 Å². The van der Waals surface area contributed by atoms with E-state index in [-0.39, 0.29) is 5.41 Å². The molecular formula is C15H11BrClIO. The summed E-state index contributed by atoms with van der Waals surface area (Å²) < 4.78 is 8.08. The largest absolute Gasteiger partial charge is 0.457 e. The van der Waals surface area contributed by atoms with E-state index in [1.165, 1.54) is 9.13 Å². The number of hydrogen-bond donors (Lipinski definition) is 0. The van der Waals surface area contributed by atoms with Crippen molar-refractivity contribution in [1.82, 2.24) is 0 Å². The summed E-state index contributed by atoms with van der Waals surface area (Å²) in [5, 5.41) is 0.713. The van der Waals surface area contributed by atoms with Crippen molar-refractivity contribution in [2.75, 3.05) is 0 Å². The Bertz CT molecular complexity index is 682. The molecule has 0 radical (unpaired) electrons. The highest BCUT2D eigenvalue weighted by Crippen LogP contribution is 2.49. The lowest BCUT2D eigenvalue weighted by molar-refractivity contribution is 0.417. The van der Waals surface area contributed by atoms with E-state index in [4.69, 9.17) is 16.3 Å². The maximum absolute atomic E-state index is 6.23. The van der Waals surface area contributed by atoms with E-state index in [9.17, 15) is 0 Å². The summed E-state index contributed by atoms with van der Waals surface area (Å²) in [6, 6.07) is 10.2. The second-order valence-corrected chi connectivity index (χ2v) is 7.64. The van der Waals surface area contributed by atoms with Gasteiger partial charge in [-0.2, -0.15) is 0 Å². The fraction of sp³-hybridized carbons (Fsp3) is 0.200. The molecule has 0 fully saturated rings. The quantitative estimate of drug-likeness (QED) is 0.439. The SMILES string of the molecule is CC1(C)c2cc(I)ccc2Oc2cc(Br)c(Cl)cc21. The van der Waals surface area contributed by atoms with Gasteiger partial charge in [0.2, 0.25) is 0 Å². The molecule has 2 aromatic rings. The third kappa shape index (κ3) is 2.20. The Hall–Kier alpha value is -0.260. The van der Waals surface area contributed by atoms with Crippen LogP contribution in [0.2, 0.25) is 5.02 Å². The first-order valence-corrected chi connectivity index (χ1v) is 8.12. The van der Waals surface area contributed by atoms with Crippen LogP contribution in [0.4, 0.5) is 0 Å². The molecule has 0 bridgehead atoms. The van der Waals surface area contributed by atoms with E-state index in [0.717, 1.165) is 21.5 Å². The van der Waals surface area contributed by atoms with E-state index in [1.807, 2.05) is 18.2 Å². The van der Waals surface area contributed by atoms with Gasteiger partial charge >= 0.3 is 0 Å². The number of hydrogen-bond acceptors (Lipinski definition) is 1. The molecular weight excluding hydrogens is 438 g/mol. The van der Waals surface area contributed by atoms with Gasteiger partial charge in [0.05, 0.1) is 5.02 Å². The van der Waals surface area contributed by atoms with Gasteiger partial charge in [-0.3, -0.25) is 0 Å². The van der Waals surface area contributed by atoms with Gasteiger partial charge in [-0.1, -0.05) is 25.4 Å². The number of benzene rings is 2. The standard InChI is InChI=1S/C15H11BrClIO/c1-15(2)9-5-8(18)3-4-13(9)19-14-7-11(16)12(17)6-10(14)15/h3-7H,1-2H3. The van der Waals surface area contributed by atoms with Crippen LogP contribution in [-0.4, -0.2) is 0 Å². The topological polar surface area (TPSA) is 9.23 Å². The molecule has 1 nitrogen and oxygen atoms in total. The third-order valence-corrected chi connectivity index (χ3v) is 5.40. The summed E-state index contributed by atoms with van der Waals surface area (Å²) in [5.41, 5.74) is 2.20. The van der Waals surface area contributed by atoms with Crippen molar-refractivity contribution < 1.29 is 4.74 Å². The van der Waals surface area contributed by atoms with Gasteiger partial charge in [-0.15, -0.1) is 0 Å². The number of halogens is 3. The average molecular weight is 450 g/mol. The normalized spacial score (nSPS) is 15.4. The zero-order valence-corrected chi connectivity index (χ0v) is 14.9.